The molecule has 3 amide bonds. The third-order valence-electron chi connectivity index (χ3n) is 4.61. The Morgan fingerprint density at radius 2 is 2.12 bits per heavy atom. The summed E-state index contributed by atoms with van der Waals surface area (Å²) < 4.78 is 0. The second kappa shape index (κ2) is 8.53. The van der Waals surface area contributed by atoms with Gasteiger partial charge in [-0.05, 0) is 17.7 Å². The summed E-state index contributed by atoms with van der Waals surface area (Å²) in [4.78, 5) is 41.1. The molecule has 8 heteroatoms. The molecular formula is C17H26N4O3S. The van der Waals surface area contributed by atoms with Gasteiger partial charge in [-0.15, -0.1) is 12.6 Å². The van der Waals surface area contributed by atoms with Crippen molar-refractivity contribution in [2.24, 2.45) is 0 Å². The molecule has 0 bridgehead atoms. The van der Waals surface area contributed by atoms with Gasteiger partial charge in [0.2, 0.25) is 18.2 Å². The summed E-state index contributed by atoms with van der Waals surface area (Å²) in [6, 6.07) is -0.515. The lowest BCUT2D eigenvalue weighted by molar-refractivity contribution is -0.196. The van der Waals surface area contributed by atoms with Gasteiger partial charge in [0.05, 0.1) is 13.1 Å². The Morgan fingerprint density at radius 1 is 1.40 bits per heavy atom. The van der Waals surface area contributed by atoms with Crippen LogP contribution < -0.4 is 0 Å². The van der Waals surface area contributed by atoms with Crippen molar-refractivity contribution in [2.75, 3.05) is 26.7 Å². The second-order valence-corrected chi connectivity index (χ2v) is 6.89. The largest absolute Gasteiger partial charge is 0.337 e. The van der Waals surface area contributed by atoms with Crippen molar-refractivity contribution in [1.82, 2.24) is 19.8 Å². The number of piperazine rings is 1. The third-order valence-corrected chi connectivity index (χ3v) is 4.98. The van der Waals surface area contributed by atoms with Crippen molar-refractivity contribution in [3.63, 3.8) is 0 Å². The van der Waals surface area contributed by atoms with E-state index in [9.17, 15) is 14.4 Å². The first kappa shape index (κ1) is 19.5. The lowest BCUT2D eigenvalue weighted by atomic mass is 10.0. The molecule has 0 aliphatic carbocycles. The van der Waals surface area contributed by atoms with Crippen LogP contribution in [0.4, 0.5) is 0 Å². The summed E-state index contributed by atoms with van der Waals surface area (Å²) in [5.41, 5.74) is 0. The van der Waals surface area contributed by atoms with Crippen LogP contribution >= 0.6 is 12.6 Å². The fourth-order valence-electron chi connectivity index (χ4n) is 3.41. The maximum absolute atomic E-state index is 12.9. The van der Waals surface area contributed by atoms with Gasteiger partial charge in [-0.25, -0.2) is 5.01 Å². The minimum atomic E-state index is -0.515. The average molecular weight is 366 g/mol. The Morgan fingerprint density at radius 3 is 2.72 bits per heavy atom. The first-order chi connectivity index (χ1) is 11.9. The van der Waals surface area contributed by atoms with Gasteiger partial charge < -0.3 is 9.80 Å². The minimum absolute atomic E-state index is 0.0541. The predicted molar refractivity (Wildman–Crippen MR) is 98.3 cm³/mol. The number of hydrazine groups is 1. The van der Waals surface area contributed by atoms with Crippen LogP contribution in [0.5, 0.6) is 0 Å². The van der Waals surface area contributed by atoms with Crippen molar-refractivity contribution in [3.8, 4) is 0 Å². The number of carbonyl (C=O) groups excluding carboxylic acids is 3. The highest BCUT2D eigenvalue weighted by molar-refractivity contribution is 7.84. The van der Waals surface area contributed by atoms with Gasteiger partial charge in [-0.1, -0.05) is 32.1 Å². The molecule has 2 atom stereocenters. The zero-order valence-electron chi connectivity index (χ0n) is 14.8. The predicted octanol–water partition coefficient (Wildman–Crippen LogP) is 0.861. The highest BCUT2D eigenvalue weighted by Gasteiger charge is 2.48. The topological polar surface area (TPSA) is 64.2 Å². The molecule has 2 aliphatic rings. The number of likely N-dealkylation sites (N-methyl/N-ethyl adjacent to an activating group) is 1. The van der Waals surface area contributed by atoms with Crippen LogP contribution in [0.25, 0.3) is 0 Å². The molecule has 2 fully saturated rings. The smallest absolute Gasteiger partial charge is 0.245 e. The maximum atomic E-state index is 12.9. The first-order valence-electron chi connectivity index (χ1n) is 8.49. The lowest BCUT2D eigenvalue weighted by Crippen LogP contribution is -2.74. The zero-order valence-corrected chi connectivity index (χ0v) is 15.7. The highest BCUT2D eigenvalue weighted by Crippen LogP contribution is 2.27. The van der Waals surface area contributed by atoms with E-state index in [-0.39, 0.29) is 18.4 Å². The van der Waals surface area contributed by atoms with Crippen LogP contribution in [0.1, 0.15) is 26.2 Å². The molecule has 2 aliphatic heterocycles. The molecular weight excluding hydrogens is 340 g/mol. The van der Waals surface area contributed by atoms with E-state index in [4.69, 9.17) is 0 Å². The van der Waals surface area contributed by atoms with Crippen LogP contribution in [0.3, 0.4) is 0 Å². The Balaban J connectivity index is 2.25. The van der Waals surface area contributed by atoms with E-state index in [1.165, 1.54) is 5.01 Å². The summed E-state index contributed by atoms with van der Waals surface area (Å²) in [6.07, 6.45) is 5.70. The quantitative estimate of drug-likeness (QED) is 0.412. The van der Waals surface area contributed by atoms with Gasteiger partial charge in [-0.2, -0.15) is 0 Å². The van der Waals surface area contributed by atoms with Crippen LogP contribution in [0.2, 0.25) is 0 Å². The Bertz CT molecular complexity index is 580. The third kappa shape index (κ3) is 4.07. The molecule has 0 radical (unpaired) electrons. The molecule has 1 unspecified atom stereocenters. The monoisotopic (exact) mass is 366 g/mol. The molecule has 7 nitrogen and oxygen atoms in total. The van der Waals surface area contributed by atoms with Crippen molar-refractivity contribution in [1.29, 1.82) is 0 Å². The normalized spacial score (nSPS) is 25.2. The Kier molecular flexibility index (Phi) is 6.66. The molecule has 2 rings (SSSR count). The number of fused-ring (bicyclic) bond motifs is 1. The Labute approximate surface area is 154 Å². The number of hydrogen-bond acceptors (Lipinski definition) is 5. The summed E-state index contributed by atoms with van der Waals surface area (Å²) in [6.45, 7) is 6.53. The lowest BCUT2D eigenvalue weighted by Gasteiger charge is -2.53. The zero-order chi connectivity index (χ0) is 18.6. The molecule has 138 valence electrons. The van der Waals surface area contributed by atoms with Gasteiger partial charge in [0.25, 0.3) is 0 Å². The van der Waals surface area contributed by atoms with Crippen molar-refractivity contribution in [2.45, 2.75) is 38.4 Å². The number of carbonyl (C=O) groups is 3. The molecule has 0 aromatic rings. The van der Waals surface area contributed by atoms with Crippen LogP contribution in [0, 0.1) is 0 Å². The van der Waals surface area contributed by atoms with Crippen LogP contribution in [-0.2, 0) is 14.4 Å². The van der Waals surface area contributed by atoms with E-state index in [1.807, 2.05) is 6.92 Å². The van der Waals surface area contributed by atoms with Gasteiger partial charge in [-0.3, -0.25) is 19.4 Å². The van der Waals surface area contributed by atoms with Gasteiger partial charge in [0.1, 0.15) is 12.2 Å². The van der Waals surface area contributed by atoms with Crippen LogP contribution in [0.15, 0.2) is 23.6 Å². The van der Waals surface area contributed by atoms with Crippen molar-refractivity contribution >= 4 is 30.9 Å². The number of nitrogens with zero attached hydrogens (tertiary/aromatic N) is 4. The maximum Gasteiger partial charge on any atom is 0.245 e. The average Bonchev–Trinajstić information content (AvgIpc) is 2.56. The molecule has 0 aromatic carbocycles. The Hall–Kier alpha value is -1.80. The van der Waals surface area contributed by atoms with E-state index in [0.717, 1.165) is 17.7 Å². The summed E-state index contributed by atoms with van der Waals surface area (Å²) >= 11 is 4.37. The van der Waals surface area contributed by atoms with Gasteiger partial charge in [0.15, 0.2) is 0 Å². The van der Waals surface area contributed by atoms with Crippen molar-refractivity contribution < 1.29 is 14.4 Å². The molecule has 25 heavy (non-hydrogen) atoms. The van der Waals surface area contributed by atoms with Crippen LogP contribution in [-0.4, -0.2) is 76.9 Å². The minimum Gasteiger partial charge on any atom is -0.337 e. The SMILES string of the molecule is C=C/C=C(\S)CCN1CC2N(C(=O)CN(C)N2C=O)[C@@H](CCC)C1=O. The second-order valence-electron chi connectivity index (χ2n) is 6.32. The summed E-state index contributed by atoms with van der Waals surface area (Å²) in [5, 5.41) is 3.11. The van der Waals surface area contributed by atoms with E-state index >= 15 is 0 Å². The molecule has 0 saturated carbocycles. The van der Waals surface area contributed by atoms with Crippen molar-refractivity contribution in [3.05, 3.63) is 23.6 Å². The molecule has 0 N–H and O–H groups in total. The molecule has 2 saturated heterocycles. The van der Waals surface area contributed by atoms with Gasteiger partial charge >= 0.3 is 0 Å². The fourth-order valence-corrected chi connectivity index (χ4v) is 3.61. The van der Waals surface area contributed by atoms with Gasteiger partial charge in [0, 0.05) is 13.6 Å². The molecule has 0 aromatic heterocycles. The standard InChI is InChI=1S/C17H26N4O3S/c1-4-6-13(25)8-9-19-10-15-20(12-22)18(3)11-16(23)21(15)14(7-5-2)17(19)24/h4,6,12,14-15,25H,1,5,7-11H2,2-3H3/b13-6-/t14-,15?/m0/s1. The highest BCUT2D eigenvalue weighted by atomic mass is 32.1. The number of hydrogen-bond donors (Lipinski definition) is 1. The van der Waals surface area contributed by atoms with E-state index in [0.29, 0.717) is 25.9 Å². The number of thiol groups is 1. The first-order valence-corrected chi connectivity index (χ1v) is 8.94. The fraction of sp³-hybridized carbons (Fsp3) is 0.588. The number of allylic oxidation sites excluding steroid dienone is 2. The van der Waals surface area contributed by atoms with E-state index < -0.39 is 12.2 Å². The summed E-state index contributed by atoms with van der Waals surface area (Å²) in [5.74, 6) is -0.167. The number of amides is 3. The summed E-state index contributed by atoms with van der Waals surface area (Å²) in [7, 11) is 1.71. The number of rotatable bonds is 7. The molecule has 0 spiro atoms. The van der Waals surface area contributed by atoms with E-state index in [2.05, 4.69) is 19.2 Å². The molecule has 2 heterocycles. The van der Waals surface area contributed by atoms with E-state index in [1.54, 1.807) is 34.0 Å².